The summed E-state index contributed by atoms with van der Waals surface area (Å²) < 4.78 is 13.8. The Labute approximate surface area is 176 Å². The molecule has 0 saturated carbocycles. The molecule has 2 aromatic carbocycles. The maximum Gasteiger partial charge on any atom is 0.234 e. The zero-order valence-corrected chi connectivity index (χ0v) is 17.3. The van der Waals surface area contributed by atoms with Crippen LogP contribution in [0, 0.1) is 17.7 Å². The van der Waals surface area contributed by atoms with Crippen LogP contribution >= 0.6 is 0 Å². The highest BCUT2D eigenvalue weighted by Gasteiger charge is 2.48. The first kappa shape index (κ1) is 20.5. The number of amides is 2. The molecule has 0 bridgehead atoms. The molecular weight excluding hydrogens is 381 g/mol. The van der Waals surface area contributed by atoms with Gasteiger partial charge in [-0.05, 0) is 35.6 Å². The van der Waals surface area contributed by atoms with Crippen molar-refractivity contribution >= 4 is 11.8 Å². The predicted molar refractivity (Wildman–Crippen MR) is 113 cm³/mol. The number of benzene rings is 2. The van der Waals surface area contributed by atoms with Crippen LogP contribution in [0.15, 0.2) is 54.6 Å². The van der Waals surface area contributed by atoms with Gasteiger partial charge in [0, 0.05) is 39.0 Å². The predicted octanol–water partition coefficient (Wildman–Crippen LogP) is 2.64. The Hall–Kier alpha value is -2.73. The van der Waals surface area contributed by atoms with Crippen molar-refractivity contribution in [3.05, 3.63) is 71.5 Å². The van der Waals surface area contributed by atoms with Crippen LogP contribution in [0.3, 0.4) is 0 Å². The van der Waals surface area contributed by atoms with E-state index in [4.69, 9.17) is 0 Å². The third kappa shape index (κ3) is 4.54. The molecule has 2 aliphatic rings. The fourth-order valence-corrected chi connectivity index (χ4v) is 4.96. The Kier molecular flexibility index (Phi) is 6.13. The zero-order valence-electron chi connectivity index (χ0n) is 17.3. The number of hydrogen-bond donors (Lipinski definition) is 1. The Morgan fingerprint density at radius 2 is 1.87 bits per heavy atom. The van der Waals surface area contributed by atoms with Crippen LogP contribution < -0.4 is 5.32 Å². The van der Waals surface area contributed by atoms with Crippen molar-refractivity contribution in [2.75, 3.05) is 32.7 Å². The van der Waals surface area contributed by atoms with Crippen LogP contribution in [0.4, 0.5) is 4.39 Å². The number of carbonyl (C=O) groups is 2. The first-order valence-electron chi connectivity index (χ1n) is 10.6. The molecule has 2 amide bonds. The second-order valence-corrected chi connectivity index (χ2v) is 8.37. The maximum absolute atomic E-state index is 13.8. The normalized spacial score (nSPS) is 23.4. The molecule has 6 heteroatoms. The van der Waals surface area contributed by atoms with Crippen molar-refractivity contribution in [3.63, 3.8) is 0 Å². The van der Waals surface area contributed by atoms with Crippen LogP contribution in [0.25, 0.3) is 0 Å². The monoisotopic (exact) mass is 409 g/mol. The number of carbonyl (C=O) groups excluding carboxylic acids is 2. The molecule has 4 rings (SSSR count). The fraction of sp³-hybridized carbons (Fsp3) is 0.417. The maximum atomic E-state index is 13.8. The number of rotatable bonds is 6. The van der Waals surface area contributed by atoms with Crippen molar-refractivity contribution in [2.45, 2.75) is 19.4 Å². The standard InChI is InChI=1S/C24H28FN3O2/c1-17(29)28-14-20-13-27(15-22(20)24(28)19-8-5-9-21(25)12-19)16-23(30)26-11-10-18-6-3-2-4-7-18/h2-9,12,20,22,24H,10-11,13-16H2,1H3,(H,26,30)/t20-,22-,24+/m1/s1. The van der Waals surface area contributed by atoms with Crippen LogP contribution in [0.2, 0.25) is 0 Å². The second kappa shape index (κ2) is 8.96. The highest BCUT2D eigenvalue weighted by Crippen LogP contribution is 2.44. The summed E-state index contributed by atoms with van der Waals surface area (Å²) in [5, 5.41) is 3.01. The molecule has 30 heavy (non-hydrogen) atoms. The van der Waals surface area contributed by atoms with E-state index in [0.717, 1.165) is 25.1 Å². The largest absolute Gasteiger partial charge is 0.355 e. The van der Waals surface area contributed by atoms with Gasteiger partial charge in [0.2, 0.25) is 11.8 Å². The minimum atomic E-state index is -0.285. The van der Waals surface area contributed by atoms with Gasteiger partial charge in [0.05, 0.1) is 12.6 Å². The smallest absolute Gasteiger partial charge is 0.234 e. The molecule has 2 fully saturated rings. The van der Waals surface area contributed by atoms with Gasteiger partial charge in [0.25, 0.3) is 0 Å². The average Bonchev–Trinajstić information content (AvgIpc) is 3.26. The van der Waals surface area contributed by atoms with Crippen molar-refractivity contribution in [3.8, 4) is 0 Å². The van der Waals surface area contributed by atoms with Gasteiger partial charge in [0.1, 0.15) is 5.82 Å². The topological polar surface area (TPSA) is 52.7 Å². The molecular formula is C24H28FN3O2. The molecule has 0 unspecified atom stereocenters. The minimum absolute atomic E-state index is 0.0175. The summed E-state index contributed by atoms with van der Waals surface area (Å²) in [5.41, 5.74) is 2.04. The molecule has 0 aliphatic carbocycles. The first-order valence-corrected chi connectivity index (χ1v) is 10.6. The van der Waals surface area contributed by atoms with Crippen LogP contribution in [-0.2, 0) is 16.0 Å². The number of fused-ring (bicyclic) bond motifs is 1. The number of likely N-dealkylation sites (tertiary alicyclic amines) is 2. The van der Waals surface area contributed by atoms with Gasteiger partial charge in [-0.25, -0.2) is 4.39 Å². The van der Waals surface area contributed by atoms with E-state index in [0.29, 0.717) is 25.6 Å². The lowest BCUT2D eigenvalue weighted by molar-refractivity contribution is -0.130. The number of nitrogens with zero attached hydrogens (tertiary/aromatic N) is 2. The van der Waals surface area contributed by atoms with E-state index in [2.05, 4.69) is 22.3 Å². The Morgan fingerprint density at radius 3 is 2.60 bits per heavy atom. The highest BCUT2D eigenvalue weighted by molar-refractivity contribution is 5.78. The summed E-state index contributed by atoms with van der Waals surface area (Å²) in [6.07, 6.45) is 0.813. The Balaban J connectivity index is 1.34. The SMILES string of the molecule is CC(=O)N1C[C@H]2CN(CC(=O)NCCc3ccccc3)C[C@H]2[C@@H]1c1cccc(F)c1. The Morgan fingerprint density at radius 1 is 1.07 bits per heavy atom. The van der Waals surface area contributed by atoms with Crippen molar-refractivity contribution in [1.29, 1.82) is 0 Å². The fourth-order valence-electron chi connectivity index (χ4n) is 4.96. The lowest BCUT2D eigenvalue weighted by atomic mass is 9.89. The molecule has 0 spiro atoms. The summed E-state index contributed by atoms with van der Waals surface area (Å²) in [4.78, 5) is 28.6. The summed E-state index contributed by atoms with van der Waals surface area (Å²) in [5.74, 6) is 0.278. The van der Waals surface area contributed by atoms with E-state index in [-0.39, 0.29) is 29.6 Å². The molecule has 2 aromatic rings. The van der Waals surface area contributed by atoms with Gasteiger partial charge in [0.15, 0.2) is 0 Å². The van der Waals surface area contributed by atoms with Gasteiger partial charge in [-0.3, -0.25) is 14.5 Å². The summed E-state index contributed by atoms with van der Waals surface area (Å²) >= 11 is 0. The highest BCUT2D eigenvalue weighted by atomic mass is 19.1. The van der Waals surface area contributed by atoms with Gasteiger partial charge in [-0.15, -0.1) is 0 Å². The first-order chi connectivity index (χ1) is 14.5. The van der Waals surface area contributed by atoms with Crippen LogP contribution in [0.1, 0.15) is 24.1 Å². The molecule has 158 valence electrons. The zero-order chi connectivity index (χ0) is 21.1. The summed E-state index contributed by atoms with van der Waals surface area (Å²) in [6, 6.07) is 16.5. The molecule has 0 aromatic heterocycles. The number of halogens is 1. The van der Waals surface area contributed by atoms with E-state index in [1.165, 1.54) is 17.7 Å². The van der Waals surface area contributed by atoms with Crippen LogP contribution in [0.5, 0.6) is 0 Å². The molecule has 2 heterocycles. The minimum Gasteiger partial charge on any atom is -0.355 e. The molecule has 2 aliphatic heterocycles. The van der Waals surface area contributed by atoms with Crippen molar-refractivity contribution in [1.82, 2.24) is 15.1 Å². The van der Waals surface area contributed by atoms with E-state index in [9.17, 15) is 14.0 Å². The van der Waals surface area contributed by atoms with Gasteiger partial charge in [-0.1, -0.05) is 42.5 Å². The molecule has 2 saturated heterocycles. The van der Waals surface area contributed by atoms with Crippen molar-refractivity contribution < 1.29 is 14.0 Å². The van der Waals surface area contributed by atoms with Gasteiger partial charge >= 0.3 is 0 Å². The quantitative estimate of drug-likeness (QED) is 0.798. The second-order valence-electron chi connectivity index (χ2n) is 8.37. The number of hydrogen-bond acceptors (Lipinski definition) is 3. The van der Waals surface area contributed by atoms with Gasteiger partial charge < -0.3 is 10.2 Å². The van der Waals surface area contributed by atoms with Crippen LogP contribution in [-0.4, -0.2) is 54.3 Å². The number of nitrogens with one attached hydrogen (secondary N) is 1. The summed E-state index contributed by atoms with van der Waals surface area (Å²) in [6.45, 7) is 4.73. The van der Waals surface area contributed by atoms with E-state index in [1.54, 1.807) is 13.0 Å². The molecule has 3 atom stereocenters. The Bertz CT molecular complexity index is 904. The lowest BCUT2D eigenvalue weighted by Crippen LogP contribution is -2.39. The van der Waals surface area contributed by atoms with E-state index >= 15 is 0 Å². The van der Waals surface area contributed by atoms with Crippen molar-refractivity contribution in [2.24, 2.45) is 11.8 Å². The summed E-state index contributed by atoms with van der Waals surface area (Å²) in [7, 11) is 0. The molecule has 1 N–H and O–H groups in total. The molecule has 5 nitrogen and oxygen atoms in total. The lowest BCUT2D eigenvalue weighted by Gasteiger charge is -2.29. The van der Waals surface area contributed by atoms with E-state index in [1.807, 2.05) is 29.2 Å². The third-order valence-corrected chi connectivity index (χ3v) is 6.28. The average molecular weight is 410 g/mol. The van der Waals surface area contributed by atoms with Gasteiger partial charge in [-0.2, -0.15) is 0 Å². The van der Waals surface area contributed by atoms with E-state index < -0.39 is 0 Å². The third-order valence-electron chi connectivity index (χ3n) is 6.28. The molecule has 0 radical (unpaired) electrons.